The lowest BCUT2D eigenvalue weighted by Crippen LogP contribution is -2.49. The molecule has 0 saturated heterocycles. The number of hydrogen-bond donors (Lipinski definition) is 2. The van der Waals surface area contributed by atoms with E-state index < -0.39 is 94.3 Å². The Hall–Kier alpha value is -5.28. The molecule has 4 aromatic rings. The standard InChI is InChI=1S/C33H23F10NO5/c1-17(29(46)47)48-27-14-20(8-10-26(27)36)31(16-18-5-3-2-4-6-18,21-12-22(34)15-23(13-21)49-33(42,43)30(37)38)44-28(45)19-7-9-25(35)24(11-19)32(39,40)41/h2-15,17,30H,16H2,1H3,(H,44,45)(H,46,47). The molecule has 16 heteroatoms. The van der Waals surface area contributed by atoms with Gasteiger partial charge in [0.15, 0.2) is 17.7 Å². The third-order valence-corrected chi connectivity index (χ3v) is 7.12. The van der Waals surface area contributed by atoms with Crippen molar-refractivity contribution in [2.75, 3.05) is 0 Å². The molecule has 260 valence electrons. The number of benzene rings is 4. The first-order valence-electron chi connectivity index (χ1n) is 13.9. The largest absolute Gasteiger partial charge is 0.479 e. The fourth-order valence-electron chi connectivity index (χ4n) is 4.78. The lowest BCUT2D eigenvalue weighted by molar-refractivity contribution is -0.253. The molecule has 0 spiro atoms. The molecule has 2 atom stereocenters. The summed E-state index contributed by atoms with van der Waals surface area (Å²) in [5.74, 6) is -9.05. The molecule has 0 aliphatic carbocycles. The van der Waals surface area contributed by atoms with E-state index in [9.17, 15) is 54.2 Å². The van der Waals surface area contributed by atoms with E-state index in [-0.39, 0.29) is 17.2 Å². The van der Waals surface area contributed by atoms with Crippen molar-refractivity contribution in [3.63, 3.8) is 0 Å². The van der Waals surface area contributed by atoms with Gasteiger partial charge in [-0.25, -0.2) is 18.0 Å². The predicted molar refractivity (Wildman–Crippen MR) is 152 cm³/mol. The third kappa shape index (κ3) is 8.42. The molecule has 49 heavy (non-hydrogen) atoms. The highest BCUT2D eigenvalue weighted by atomic mass is 19.4. The minimum Gasteiger partial charge on any atom is -0.479 e. The highest BCUT2D eigenvalue weighted by Gasteiger charge is 2.45. The second-order valence-corrected chi connectivity index (χ2v) is 10.6. The van der Waals surface area contributed by atoms with Crippen molar-refractivity contribution in [2.45, 2.75) is 43.7 Å². The summed E-state index contributed by atoms with van der Waals surface area (Å²) in [5.41, 5.74) is -5.48. The average molecular weight is 704 g/mol. The highest BCUT2D eigenvalue weighted by Crippen LogP contribution is 2.40. The zero-order valence-electron chi connectivity index (χ0n) is 24.8. The number of rotatable bonds is 12. The number of carbonyl (C=O) groups excluding carboxylic acids is 1. The van der Waals surface area contributed by atoms with Crippen LogP contribution in [-0.2, 0) is 22.9 Å². The number of carboxylic acids is 1. The Morgan fingerprint density at radius 2 is 1.47 bits per heavy atom. The summed E-state index contributed by atoms with van der Waals surface area (Å²) in [6, 6.07) is 12.9. The molecule has 0 heterocycles. The summed E-state index contributed by atoms with van der Waals surface area (Å²) >= 11 is 0. The van der Waals surface area contributed by atoms with Crippen LogP contribution in [0.2, 0.25) is 0 Å². The predicted octanol–water partition coefficient (Wildman–Crippen LogP) is 8.13. The van der Waals surface area contributed by atoms with E-state index in [2.05, 4.69) is 10.1 Å². The van der Waals surface area contributed by atoms with E-state index in [0.29, 0.717) is 30.3 Å². The van der Waals surface area contributed by atoms with Gasteiger partial charge in [-0.15, -0.1) is 0 Å². The van der Waals surface area contributed by atoms with E-state index in [1.54, 1.807) is 6.07 Å². The van der Waals surface area contributed by atoms with Crippen LogP contribution in [0.3, 0.4) is 0 Å². The van der Waals surface area contributed by atoms with Crippen molar-refractivity contribution in [3.8, 4) is 11.5 Å². The first-order chi connectivity index (χ1) is 22.8. The second-order valence-electron chi connectivity index (χ2n) is 10.6. The van der Waals surface area contributed by atoms with Crippen molar-refractivity contribution in [1.29, 1.82) is 0 Å². The number of nitrogens with one attached hydrogen (secondary N) is 1. The fraction of sp³-hybridized carbons (Fsp3) is 0.212. The molecule has 0 aromatic heterocycles. The van der Waals surface area contributed by atoms with Crippen LogP contribution in [0.1, 0.15) is 39.5 Å². The van der Waals surface area contributed by atoms with Crippen molar-refractivity contribution in [2.24, 2.45) is 0 Å². The Morgan fingerprint density at radius 3 is 2.08 bits per heavy atom. The molecule has 0 aliphatic heterocycles. The number of carbonyl (C=O) groups is 2. The van der Waals surface area contributed by atoms with Gasteiger partial charge in [-0.1, -0.05) is 36.4 Å². The van der Waals surface area contributed by atoms with Crippen molar-refractivity contribution >= 4 is 11.9 Å². The highest BCUT2D eigenvalue weighted by molar-refractivity contribution is 5.95. The number of ether oxygens (including phenoxy) is 2. The summed E-state index contributed by atoms with van der Waals surface area (Å²) in [5, 5.41) is 11.7. The Bertz CT molecular complexity index is 1830. The number of amides is 1. The average Bonchev–Trinajstić information content (AvgIpc) is 3.01. The van der Waals surface area contributed by atoms with Crippen molar-refractivity contribution < 1.29 is 68.1 Å². The number of hydrogen-bond acceptors (Lipinski definition) is 4. The molecular weight excluding hydrogens is 680 g/mol. The summed E-state index contributed by atoms with van der Waals surface area (Å²) in [6.07, 6.45) is -16.9. The maximum Gasteiger partial charge on any atom is 0.461 e. The van der Waals surface area contributed by atoms with Gasteiger partial charge in [0.2, 0.25) is 0 Å². The first kappa shape index (κ1) is 36.6. The third-order valence-electron chi connectivity index (χ3n) is 7.12. The summed E-state index contributed by atoms with van der Waals surface area (Å²) in [4.78, 5) is 25.2. The van der Waals surface area contributed by atoms with E-state index in [1.165, 1.54) is 24.3 Å². The zero-order valence-corrected chi connectivity index (χ0v) is 24.8. The number of halogens is 10. The van der Waals surface area contributed by atoms with Gasteiger partial charge in [0.05, 0.1) is 11.1 Å². The van der Waals surface area contributed by atoms with Crippen LogP contribution in [0.15, 0.2) is 84.9 Å². The van der Waals surface area contributed by atoms with Gasteiger partial charge in [0.25, 0.3) is 5.91 Å². The van der Waals surface area contributed by atoms with Crippen LogP contribution in [0, 0.1) is 17.5 Å². The summed E-state index contributed by atoms with van der Waals surface area (Å²) in [6.45, 7) is 1.04. The van der Waals surface area contributed by atoms with Crippen LogP contribution in [-0.4, -0.2) is 35.6 Å². The molecule has 0 radical (unpaired) electrons. The van der Waals surface area contributed by atoms with E-state index in [4.69, 9.17) is 4.74 Å². The molecule has 0 bridgehead atoms. The van der Waals surface area contributed by atoms with Crippen LogP contribution in [0.4, 0.5) is 43.9 Å². The number of carboxylic acid groups (broad SMARTS) is 1. The Balaban J connectivity index is 2.03. The topological polar surface area (TPSA) is 84.9 Å². The van der Waals surface area contributed by atoms with Gasteiger partial charge in [-0.05, 0) is 66.1 Å². The van der Waals surface area contributed by atoms with Gasteiger partial charge >= 0.3 is 24.7 Å². The summed E-state index contributed by atoms with van der Waals surface area (Å²) < 4.78 is 148. The molecule has 1 amide bonds. The lowest BCUT2D eigenvalue weighted by Gasteiger charge is -2.37. The van der Waals surface area contributed by atoms with Crippen LogP contribution >= 0.6 is 0 Å². The minimum absolute atomic E-state index is 0.176. The molecule has 0 fully saturated rings. The Morgan fingerprint density at radius 1 is 0.816 bits per heavy atom. The van der Waals surface area contributed by atoms with E-state index >= 15 is 4.39 Å². The SMILES string of the molecule is CC(Oc1cc(C(Cc2ccccc2)(NC(=O)c2ccc(F)c(C(F)(F)F)c2)c2cc(F)cc(OC(F)(F)C(F)F)c2)ccc1F)C(=O)O. The fourth-order valence-corrected chi connectivity index (χ4v) is 4.78. The molecule has 4 rings (SSSR count). The normalized spacial score (nSPS) is 13.8. The maximum atomic E-state index is 15.1. The van der Waals surface area contributed by atoms with Crippen LogP contribution < -0.4 is 14.8 Å². The zero-order chi connectivity index (χ0) is 36.3. The Kier molecular flexibility index (Phi) is 10.5. The quantitative estimate of drug-likeness (QED) is 0.146. The molecule has 2 unspecified atom stereocenters. The van der Waals surface area contributed by atoms with Crippen LogP contribution in [0.25, 0.3) is 0 Å². The second kappa shape index (κ2) is 14.1. The monoisotopic (exact) mass is 703 g/mol. The smallest absolute Gasteiger partial charge is 0.461 e. The molecular formula is C33H23F10NO5. The molecule has 2 N–H and O–H groups in total. The maximum absolute atomic E-state index is 15.1. The molecule has 0 aliphatic rings. The van der Waals surface area contributed by atoms with E-state index in [0.717, 1.165) is 25.1 Å². The summed E-state index contributed by atoms with van der Waals surface area (Å²) in [7, 11) is 0. The van der Waals surface area contributed by atoms with Gasteiger partial charge < -0.3 is 19.9 Å². The number of aliphatic carboxylic acids is 1. The number of alkyl halides is 7. The molecule has 6 nitrogen and oxygen atoms in total. The van der Waals surface area contributed by atoms with Gasteiger partial charge in [0, 0.05) is 18.1 Å². The van der Waals surface area contributed by atoms with Crippen LogP contribution in [0.5, 0.6) is 11.5 Å². The molecule has 0 saturated carbocycles. The first-order valence-corrected chi connectivity index (χ1v) is 13.9. The van der Waals surface area contributed by atoms with Crippen molar-refractivity contribution in [1.82, 2.24) is 5.32 Å². The molecule has 4 aromatic carbocycles. The van der Waals surface area contributed by atoms with Gasteiger partial charge in [-0.3, -0.25) is 4.79 Å². The van der Waals surface area contributed by atoms with Gasteiger partial charge in [0.1, 0.15) is 17.4 Å². The minimum atomic E-state index is -5.25. The van der Waals surface area contributed by atoms with E-state index in [1.807, 2.05) is 0 Å². The van der Waals surface area contributed by atoms with Crippen molar-refractivity contribution in [3.05, 3.63) is 130 Å². The van der Waals surface area contributed by atoms with Gasteiger partial charge in [-0.2, -0.15) is 30.7 Å². The lowest BCUT2D eigenvalue weighted by atomic mass is 9.77. The Labute approximate surface area is 270 Å².